The lowest BCUT2D eigenvalue weighted by atomic mass is 10.1. The fourth-order valence-corrected chi connectivity index (χ4v) is 3.78. The highest BCUT2D eigenvalue weighted by Gasteiger charge is 2.30. The Morgan fingerprint density at radius 2 is 2.05 bits per heavy atom. The van der Waals surface area contributed by atoms with Crippen molar-refractivity contribution in [2.75, 3.05) is 13.1 Å². The van der Waals surface area contributed by atoms with Crippen LogP contribution in [0.2, 0.25) is 0 Å². The Morgan fingerprint density at radius 3 is 2.63 bits per heavy atom. The molecule has 0 spiro atoms. The maximum Gasteiger partial charge on any atom is 0.262 e. The number of sulfonamides is 1. The van der Waals surface area contributed by atoms with Crippen LogP contribution in [0.5, 0.6) is 0 Å². The van der Waals surface area contributed by atoms with Crippen molar-refractivity contribution in [1.82, 2.24) is 13.9 Å². The fraction of sp³-hybridized carbons (Fsp3) is 0.750. The van der Waals surface area contributed by atoms with Gasteiger partial charge in [-0.25, -0.2) is 13.4 Å². The van der Waals surface area contributed by atoms with Crippen LogP contribution in [0.15, 0.2) is 11.2 Å². The molecule has 0 amide bonds. The second-order valence-electron chi connectivity index (χ2n) is 5.06. The quantitative estimate of drug-likeness (QED) is 0.884. The monoisotopic (exact) mass is 286 g/mol. The van der Waals surface area contributed by atoms with Gasteiger partial charge in [-0.15, -0.1) is 0 Å². The minimum absolute atomic E-state index is 0.117. The third-order valence-corrected chi connectivity index (χ3v) is 5.29. The molecule has 2 rings (SSSR count). The summed E-state index contributed by atoms with van der Waals surface area (Å²) in [5.74, 6) is 0.745. The van der Waals surface area contributed by atoms with Crippen molar-refractivity contribution in [3.63, 3.8) is 0 Å². The molecule has 6 nitrogen and oxygen atoms in total. The van der Waals surface area contributed by atoms with E-state index in [1.165, 1.54) is 4.31 Å². The number of piperidine rings is 1. The molecule has 0 atom stereocenters. The average Bonchev–Trinajstić information content (AvgIpc) is 2.73. The van der Waals surface area contributed by atoms with Crippen molar-refractivity contribution in [3.8, 4) is 0 Å². The van der Waals surface area contributed by atoms with E-state index in [2.05, 4.69) is 11.9 Å². The van der Waals surface area contributed by atoms with Crippen molar-refractivity contribution < 1.29 is 8.42 Å². The number of nitrogens with two attached hydrogens (primary N) is 1. The van der Waals surface area contributed by atoms with E-state index in [9.17, 15) is 8.42 Å². The largest absolute Gasteiger partial charge is 0.334 e. The molecule has 1 aliphatic rings. The third-order valence-electron chi connectivity index (χ3n) is 3.52. The first-order chi connectivity index (χ1) is 8.95. The van der Waals surface area contributed by atoms with Gasteiger partial charge in [-0.2, -0.15) is 4.31 Å². The normalized spacial score (nSPS) is 18.9. The number of hydrogen-bond acceptors (Lipinski definition) is 4. The van der Waals surface area contributed by atoms with Gasteiger partial charge in [0.2, 0.25) is 0 Å². The zero-order valence-electron chi connectivity index (χ0n) is 11.5. The van der Waals surface area contributed by atoms with Gasteiger partial charge in [-0.1, -0.05) is 6.92 Å². The Kier molecular flexibility index (Phi) is 4.27. The van der Waals surface area contributed by atoms with Crippen LogP contribution in [0.1, 0.15) is 32.0 Å². The first-order valence-electron chi connectivity index (χ1n) is 6.74. The molecule has 1 saturated heterocycles. The van der Waals surface area contributed by atoms with E-state index in [-0.39, 0.29) is 11.1 Å². The fourth-order valence-electron chi connectivity index (χ4n) is 2.32. The summed E-state index contributed by atoms with van der Waals surface area (Å²) in [6.45, 7) is 5.66. The summed E-state index contributed by atoms with van der Waals surface area (Å²) < 4.78 is 28.3. The number of imidazole rings is 1. The standard InChI is InChI=1S/C12H22N4O2S/c1-3-6-15-9-12(14-10(15)2)19(17,18)16-7-4-11(13)5-8-16/h9,11H,3-8,13H2,1-2H3. The number of hydrogen-bond donors (Lipinski definition) is 1. The van der Waals surface area contributed by atoms with Gasteiger partial charge in [-0.05, 0) is 26.2 Å². The molecule has 2 N–H and O–H groups in total. The average molecular weight is 286 g/mol. The van der Waals surface area contributed by atoms with Crippen LogP contribution in [0, 0.1) is 6.92 Å². The van der Waals surface area contributed by atoms with E-state index in [1.807, 2.05) is 11.5 Å². The van der Waals surface area contributed by atoms with Crippen LogP contribution in [0.4, 0.5) is 0 Å². The minimum atomic E-state index is -3.46. The smallest absolute Gasteiger partial charge is 0.262 e. The molecule has 108 valence electrons. The number of rotatable bonds is 4. The molecule has 0 aromatic carbocycles. The number of aromatic nitrogens is 2. The molecule has 0 radical (unpaired) electrons. The molecule has 19 heavy (non-hydrogen) atoms. The Morgan fingerprint density at radius 1 is 1.42 bits per heavy atom. The van der Waals surface area contributed by atoms with Crippen molar-refractivity contribution in [2.24, 2.45) is 5.73 Å². The van der Waals surface area contributed by atoms with E-state index in [4.69, 9.17) is 5.73 Å². The van der Waals surface area contributed by atoms with E-state index in [1.54, 1.807) is 6.20 Å². The van der Waals surface area contributed by atoms with Gasteiger partial charge in [0.1, 0.15) is 5.82 Å². The lowest BCUT2D eigenvalue weighted by molar-refractivity contribution is 0.319. The van der Waals surface area contributed by atoms with Crippen molar-refractivity contribution >= 4 is 10.0 Å². The molecular weight excluding hydrogens is 264 g/mol. The van der Waals surface area contributed by atoms with E-state index in [0.29, 0.717) is 25.9 Å². The first kappa shape index (κ1) is 14.5. The maximum atomic E-state index is 12.5. The van der Waals surface area contributed by atoms with Crippen molar-refractivity contribution in [3.05, 3.63) is 12.0 Å². The first-order valence-corrected chi connectivity index (χ1v) is 8.18. The highest BCUT2D eigenvalue weighted by molar-refractivity contribution is 7.89. The van der Waals surface area contributed by atoms with Gasteiger partial charge in [0.05, 0.1) is 0 Å². The Labute approximate surface area is 114 Å². The Balaban J connectivity index is 2.22. The lowest BCUT2D eigenvalue weighted by Crippen LogP contribution is -2.42. The van der Waals surface area contributed by atoms with Gasteiger partial charge in [0.25, 0.3) is 10.0 Å². The molecule has 1 aliphatic heterocycles. The van der Waals surface area contributed by atoms with Crippen LogP contribution in [-0.2, 0) is 16.6 Å². The zero-order chi connectivity index (χ0) is 14.0. The predicted octanol–water partition coefficient (Wildman–Crippen LogP) is 0.713. The molecule has 1 aromatic rings. The summed E-state index contributed by atoms with van der Waals surface area (Å²) in [6, 6.07) is 0.117. The molecule has 0 aliphatic carbocycles. The van der Waals surface area contributed by atoms with Crippen LogP contribution < -0.4 is 5.73 Å². The van der Waals surface area contributed by atoms with Gasteiger partial charge in [0, 0.05) is 31.9 Å². The van der Waals surface area contributed by atoms with Gasteiger partial charge >= 0.3 is 0 Å². The summed E-state index contributed by atoms with van der Waals surface area (Å²) >= 11 is 0. The van der Waals surface area contributed by atoms with Crippen molar-refractivity contribution in [2.45, 2.75) is 50.7 Å². The van der Waals surface area contributed by atoms with E-state index in [0.717, 1.165) is 18.8 Å². The zero-order valence-corrected chi connectivity index (χ0v) is 12.4. The highest BCUT2D eigenvalue weighted by Crippen LogP contribution is 2.19. The molecule has 7 heteroatoms. The molecule has 2 heterocycles. The molecule has 1 aromatic heterocycles. The summed E-state index contributed by atoms with van der Waals surface area (Å²) in [4.78, 5) is 4.20. The summed E-state index contributed by atoms with van der Waals surface area (Å²) in [5, 5.41) is 0.161. The van der Waals surface area contributed by atoms with Crippen LogP contribution >= 0.6 is 0 Å². The van der Waals surface area contributed by atoms with Gasteiger partial charge < -0.3 is 10.3 Å². The Bertz CT molecular complexity index is 530. The summed E-state index contributed by atoms with van der Waals surface area (Å²) in [5.41, 5.74) is 5.81. The second-order valence-corrected chi connectivity index (χ2v) is 6.95. The minimum Gasteiger partial charge on any atom is -0.334 e. The molecule has 0 bridgehead atoms. The van der Waals surface area contributed by atoms with Crippen LogP contribution in [0.25, 0.3) is 0 Å². The van der Waals surface area contributed by atoms with Gasteiger partial charge in [-0.3, -0.25) is 0 Å². The van der Waals surface area contributed by atoms with Gasteiger partial charge in [0.15, 0.2) is 5.03 Å². The maximum absolute atomic E-state index is 12.5. The SMILES string of the molecule is CCCn1cc(S(=O)(=O)N2CCC(N)CC2)nc1C. The second kappa shape index (κ2) is 5.60. The van der Waals surface area contributed by atoms with E-state index >= 15 is 0 Å². The third kappa shape index (κ3) is 2.98. The van der Waals surface area contributed by atoms with E-state index < -0.39 is 10.0 Å². The van der Waals surface area contributed by atoms with Crippen molar-refractivity contribution in [1.29, 1.82) is 0 Å². The highest BCUT2D eigenvalue weighted by atomic mass is 32.2. The molecule has 0 unspecified atom stereocenters. The van der Waals surface area contributed by atoms with Crippen LogP contribution in [-0.4, -0.2) is 41.4 Å². The summed E-state index contributed by atoms with van der Waals surface area (Å²) in [7, 11) is -3.46. The lowest BCUT2D eigenvalue weighted by Gasteiger charge is -2.28. The molecule has 0 saturated carbocycles. The van der Waals surface area contributed by atoms with Crippen LogP contribution in [0.3, 0.4) is 0 Å². The molecule has 1 fully saturated rings. The molecular formula is C12H22N4O2S. The number of nitrogens with zero attached hydrogens (tertiary/aromatic N) is 3. The predicted molar refractivity (Wildman–Crippen MR) is 73.2 cm³/mol. The number of aryl methyl sites for hydroxylation is 2. The topological polar surface area (TPSA) is 81.2 Å². The Hall–Kier alpha value is -0.920. The summed E-state index contributed by atoms with van der Waals surface area (Å²) in [6.07, 6.45) is 4.03.